The fraction of sp³-hybridized carbons (Fsp3) is 0.923. The molecule has 1 fully saturated rings. The molecular formula is C13H28N4. The summed E-state index contributed by atoms with van der Waals surface area (Å²) in [6.07, 6.45) is 2.72. The fourth-order valence-corrected chi connectivity index (χ4v) is 2.36. The normalized spacial score (nSPS) is 19.6. The Hall–Kier alpha value is -0.770. The molecule has 0 radical (unpaired) electrons. The minimum absolute atomic E-state index is 0.599. The Morgan fingerprint density at radius 1 is 1.29 bits per heavy atom. The van der Waals surface area contributed by atoms with Crippen molar-refractivity contribution in [2.45, 2.75) is 33.6 Å². The van der Waals surface area contributed by atoms with Gasteiger partial charge in [-0.25, -0.2) is 0 Å². The van der Waals surface area contributed by atoms with Crippen molar-refractivity contribution in [3.63, 3.8) is 0 Å². The highest BCUT2D eigenvalue weighted by Crippen LogP contribution is 2.10. The summed E-state index contributed by atoms with van der Waals surface area (Å²) < 4.78 is 0. The van der Waals surface area contributed by atoms with E-state index < -0.39 is 0 Å². The number of nitrogens with two attached hydrogens (primary N) is 1. The molecule has 0 aromatic rings. The number of hydrogen-bond acceptors (Lipinski definition) is 2. The lowest BCUT2D eigenvalue weighted by molar-refractivity contribution is 0.291. The number of hydrogen-bond donors (Lipinski definition) is 1. The molecule has 0 bridgehead atoms. The van der Waals surface area contributed by atoms with Crippen molar-refractivity contribution >= 4 is 5.96 Å². The Balaban J connectivity index is 2.29. The van der Waals surface area contributed by atoms with E-state index in [4.69, 9.17) is 5.73 Å². The molecule has 4 nitrogen and oxygen atoms in total. The van der Waals surface area contributed by atoms with Gasteiger partial charge >= 0.3 is 0 Å². The van der Waals surface area contributed by atoms with Crippen molar-refractivity contribution in [2.24, 2.45) is 16.6 Å². The predicted molar refractivity (Wildman–Crippen MR) is 74.2 cm³/mol. The van der Waals surface area contributed by atoms with Gasteiger partial charge in [0.25, 0.3) is 0 Å². The van der Waals surface area contributed by atoms with Crippen LogP contribution in [0.2, 0.25) is 0 Å². The molecule has 1 aliphatic heterocycles. The molecule has 100 valence electrons. The number of aliphatic imine (C=N–C) groups is 1. The third-order valence-corrected chi connectivity index (χ3v) is 3.42. The van der Waals surface area contributed by atoms with Gasteiger partial charge in [0.2, 0.25) is 0 Å². The van der Waals surface area contributed by atoms with E-state index in [2.05, 4.69) is 35.6 Å². The maximum Gasteiger partial charge on any atom is 0.191 e. The molecule has 0 aromatic carbocycles. The Kier molecular flexibility index (Phi) is 6.34. The number of guanidine groups is 1. The molecule has 1 saturated heterocycles. The van der Waals surface area contributed by atoms with Crippen molar-refractivity contribution in [3.05, 3.63) is 0 Å². The highest BCUT2D eigenvalue weighted by molar-refractivity contribution is 5.77. The molecule has 0 saturated carbocycles. The summed E-state index contributed by atoms with van der Waals surface area (Å²) in [5.41, 5.74) is 5.96. The van der Waals surface area contributed by atoms with Crippen LogP contribution in [0.5, 0.6) is 0 Å². The van der Waals surface area contributed by atoms with Crippen molar-refractivity contribution in [2.75, 3.05) is 39.3 Å². The van der Waals surface area contributed by atoms with E-state index in [1.165, 1.54) is 25.9 Å². The third-order valence-electron chi connectivity index (χ3n) is 3.42. The Morgan fingerprint density at radius 3 is 2.41 bits per heavy atom. The van der Waals surface area contributed by atoms with Crippen LogP contribution in [0.4, 0.5) is 0 Å². The standard InChI is InChI=1S/C13H28N4/c1-4-17(5-2)13(14)15-10-12(3)11-16-8-6-7-9-16/h12H,4-11H2,1-3H3,(H2,14,15)/t12-/m1/s1. The summed E-state index contributed by atoms with van der Waals surface area (Å²) in [5.74, 6) is 1.30. The predicted octanol–water partition coefficient (Wildman–Crippen LogP) is 1.37. The fourth-order valence-electron chi connectivity index (χ4n) is 2.36. The molecule has 1 aliphatic rings. The molecule has 0 aromatic heterocycles. The molecule has 0 spiro atoms. The lowest BCUT2D eigenvalue weighted by Gasteiger charge is -2.21. The zero-order valence-corrected chi connectivity index (χ0v) is 11.7. The topological polar surface area (TPSA) is 44.9 Å². The van der Waals surface area contributed by atoms with Gasteiger partial charge in [-0.1, -0.05) is 6.92 Å². The van der Waals surface area contributed by atoms with Crippen molar-refractivity contribution in [1.29, 1.82) is 0 Å². The number of nitrogens with zero attached hydrogens (tertiary/aromatic N) is 3. The van der Waals surface area contributed by atoms with Crippen LogP contribution in [0.1, 0.15) is 33.6 Å². The smallest absolute Gasteiger partial charge is 0.191 e. The lowest BCUT2D eigenvalue weighted by atomic mass is 10.2. The Bertz CT molecular complexity index is 230. The van der Waals surface area contributed by atoms with Gasteiger partial charge in [-0.15, -0.1) is 0 Å². The summed E-state index contributed by atoms with van der Waals surface area (Å²) in [6.45, 7) is 12.9. The second-order valence-electron chi connectivity index (χ2n) is 4.98. The van der Waals surface area contributed by atoms with E-state index in [-0.39, 0.29) is 0 Å². The van der Waals surface area contributed by atoms with Crippen LogP contribution in [-0.2, 0) is 0 Å². The highest BCUT2D eigenvalue weighted by atomic mass is 15.2. The van der Waals surface area contributed by atoms with Crippen LogP contribution in [0.25, 0.3) is 0 Å². The van der Waals surface area contributed by atoms with Crippen molar-refractivity contribution in [1.82, 2.24) is 9.80 Å². The summed E-state index contributed by atoms with van der Waals surface area (Å²) in [5, 5.41) is 0. The van der Waals surface area contributed by atoms with E-state index in [1.807, 2.05) is 0 Å². The van der Waals surface area contributed by atoms with Gasteiger partial charge in [0, 0.05) is 26.2 Å². The van der Waals surface area contributed by atoms with E-state index in [0.29, 0.717) is 11.9 Å². The minimum atomic E-state index is 0.599. The van der Waals surface area contributed by atoms with Gasteiger partial charge in [0.15, 0.2) is 5.96 Å². The third kappa shape index (κ3) is 4.94. The molecule has 0 aliphatic carbocycles. The number of likely N-dealkylation sites (tertiary alicyclic amines) is 1. The van der Waals surface area contributed by atoms with Crippen LogP contribution in [0, 0.1) is 5.92 Å². The molecule has 0 amide bonds. The summed E-state index contributed by atoms with van der Waals surface area (Å²) in [4.78, 5) is 9.14. The molecule has 1 rings (SSSR count). The van der Waals surface area contributed by atoms with Crippen LogP contribution >= 0.6 is 0 Å². The highest BCUT2D eigenvalue weighted by Gasteiger charge is 2.14. The number of rotatable bonds is 6. The van der Waals surface area contributed by atoms with Crippen LogP contribution in [0.3, 0.4) is 0 Å². The molecule has 0 unspecified atom stereocenters. The SMILES string of the molecule is CCN(CC)C(N)=NC[C@@H](C)CN1CCCC1. The second kappa shape index (κ2) is 7.54. The van der Waals surface area contributed by atoms with E-state index in [9.17, 15) is 0 Å². The largest absolute Gasteiger partial charge is 0.370 e. The van der Waals surface area contributed by atoms with E-state index in [0.717, 1.165) is 26.2 Å². The Labute approximate surface area is 106 Å². The van der Waals surface area contributed by atoms with Gasteiger partial charge in [0.1, 0.15) is 0 Å². The van der Waals surface area contributed by atoms with Gasteiger partial charge in [-0.2, -0.15) is 0 Å². The van der Waals surface area contributed by atoms with Gasteiger partial charge < -0.3 is 15.5 Å². The molecular weight excluding hydrogens is 212 g/mol. The maximum absolute atomic E-state index is 5.96. The first kappa shape index (κ1) is 14.3. The summed E-state index contributed by atoms with van der Waals surface area (Å²) >= 11 is 0. The maximum atomic E-state index is 5.96. The van der Waals surface area contributed by atoms with Gasteiger partial charge in [-0.05, 0) is 45.7 Å². The van der Waals surface area contributed by atoms with Gasteiger partial charge in [-0.3, -0.25) is 4.99 Å². The van der Waals surface area contributed by atoms with Crippen molar-refractivity contribution in [3.8, 4) is 0 Å². The van der Waals surface area contributed by atoms with Crippen LogP contribution in [-0.4, -0.2) is 55.0 Å². The minimum Gasteiger partial charge on any atom is -0.370 e. The first-order chi connectivity index (χ1) is 8.17. The van der Waals surface area contributed by atoms with Crippen LogP contribution < -0.4 is 5.73 Å². The first-order valence-corrected chi connectivity index (χ1v) is 6.94. The molecule has 2 N–H and O–H groups in total. The summed E-state index contributed by atoms with van der Waals surface area (Å²) in [7, 11) is 0. The molecule has 1 atom stereocenters. The average molecular weight is 240 g/mol. The lowest BCUT2D eigenvalue weighted by Crippen LogP contribution is -2.37. The van der Waals surface area contributed by atoms with Gasteiger partial charge in [0.05, 0.1) is 0 Å². The Morgan fingerprint density at radius 2 is 1.88 bits per heavy atom. The van der Waals surface area contributed by atoms with E-state index >= 15 is 0 Å². The summed E-state index contributed by atoms with van der Waals surface area (Å²) in [6, 6.07) is 0. The zero-order valence-electron chi connectivity index (χ0n) is 11.7. The molecule has 4 heteroatoms. The second-order valence-corrected chi connectivity index (χ2v) is 4.98. The average Bonchev–Trinajstić information content (AvgIpc) is 2.81. The van der Waals surface area contributed by atoms with Crippen molar-refractivity contribution < 1.29 is 0 Å². The first-order valence-electron chi connectivity index (χ1n) is 6.94. The molecule has 17 heavy (non-hydrogen) atoms. The zero-order chi connectivity index (χ0) is 12.7. The van der Waals surface area contributed by atoms with Crippen LogP contribution in [0.15, 0.2) is 4.99 Å². The molecule has 1 heterocycles. The quantitative estimate of drug-likeness (QED) is 0.563. The monoisotopic (exact) mass is 240 g/mol. The van der Waals surface area contributed by atoms with E-state index in [1.54, 1.807) is 0 Å².